The molecule has 190 valence electrons. The number of hydrogen-bond donors (Lipinski definition) is 2. The Morgan fingerprint density at radius 1 is 1.06 bits per heavy atom. The summed E-state index contributed by atoms with van der Waals surface area (Å²) in [6.07, 6.45) is 5.86. The van der Waals surface area contributed by atoms with Gasteiger partial charge in [-0.1, -0.05) is 25.5 Å². The first-order valence-electron chi connectivity index (χ1n) is 12.7. The Hall–Kier alpha value is -3.58. The first kappa shape index (κ1) is 25.5. The van der Waals surface area contributed by atoms with Gasteiger partial charge in [-0.25, -0.2) is 4.98 Å². The van der Waals surface area contributed by atoms with E-state index < -0.39 is 0 Å². The van der Waals surface area contributed by atoms with E-state index in [4.69, 9.17) is 9.47 Å². The summed E-state index contributed by atoms with van der Waals surface area (Å²) in [5.41, 5.74) is 2.10. The molecule has 0 saturated carbocycles. The monoisotopic (exact) mass is 489 g/mol. The van der Waals surface area contributed by atoms with Crippen LogP contribution >= 0.6 is 0 Å². The van der Waals surface area contributed by atoms with Crippen LogP contribution in [0, 0.1) is 5.92 Å². The highest BCUT2D eigenvalue weighted by Crippen LogP contribution is 2.24. The molecule has 1 aliphatic heterocycles. The molecule has 3 aromatic rings. The lowest BCUT2D eigenvalue weighted by molar-refractivity contribution is 0.102. The third kappa shape index (κ3) is 7.21. The number of rotatable bonds is 11. The minimum atomic E-state index is -0.171. The zero-order chi connectivity index (χ0) is 25.2. The van der Waals surface area contributed by atoms with Crippen molar-refractivity contribution in [3.8, 4) is 11.5 Å². The van der Waals surface area contributed by atoms with Crippen molar-refractivity contribution in [3.05, 3.63) is 78.0 Å². The van der Waals surface area contributed by atoms with Crippen molar-refractivity contribution in [2.75, 3.05) is 36.5 Å². The summed E-state index contributed by atoms with van der Waals surface area (Å²) in [4.78, 5) is 19.4. The standard InChI is InChI=1S/C29H35N3O4/c1-2-3-17-35-26-10-7-24(8-11-26)29(34)31-25-9-12-28(30-19-25)32-15-13-22(14-16-32)21-36-27-6-4-5-23(18-27)20-33/h4-12,18-19,22,33H,2-3,13-17,20-21H2,1H3,(H,31,34). The van der Waals surface area contributed by atoms with E-state index in [0.29, 0.717) is 30.4 Å². The van der Waals surface area contributed by atoms with Gasteiger partial charge in [0.25, 0.3) is 5.91 Å². The molecule has 1 saturated heterocycles. The van der Waals surface area contributed by atoms with Crippen molar-refractivity contribution in [2.45, 2.75) is 39.2 Å². The predicted octanol–water partition coefficient (Wildman–Crippen LogP) is 5.30. The Morgan fingerprint density at radius 3 is 2.56 bits per heavy atom. The highest BCUT2D eigenvalue weighted by atomic mass is 16.5. The molecular formula is C29H35N3O4. The number of hydrogen-bond acceptors (Lipinski definition) is 6. The van der Waals surface area contributed by atoms with Crippen LogP contribution in [0.25, 0.3) is 0 Å². The van der Waals surface area contributed by atoms with Gasteiger partial charge in [-0.2, -0.15) is 0 Å². The lowest BCUT2D eigenvalue weighted by Crippen LogP contribution is -2.36. The molecule has 1 amide bonds. The Balaban J connectivity index is 1.22. The number of aliphatic hydroxyl groups excluding tert-OH is 1. The van der Waals surface area contributed by atoms with Crippen molar-refractivity contribution < 1.29 is 19.4 Å². The lowest BCUT2D eigenvalue weighted by Gasteiger charge is -2.32. The molecule has 2 heterocycles. The van der Waals surface area contributed by atoms with E-state index in [9.17, 15) is 9.90 Å². The SMILES string of the molecule is CCCCOc1ccc(C(=O)Nc2ccc(N3CCC(COc4cccc(CO)c4)CC3)nc2)cc1. The summed E-state index contributed by atoms with van der Waals surface area (Å²) in [6, 6.07) is 18.7. The zero-order valence-electron chi connectivity index (χ0n) is 20.9. The topological polar surface area (TPSA) is 83.9 Å². The smallest absolute Gasteiger partial charge is 0.255 e. The van der Waals surface area contributed by atoms with Crippen LogP contribution in [0.1, 0.15) is 48.5 Å². The molecule has 0 spiro atoms. The maximum absolute atomic E-state index is 12.6. The molecular weight excluding hydrogens is 454 g/mol. The van der Waals surface area contributed by atoms with E-state index in [0.717, 1.165) is 61.7 Å². The number of anilines is 2. The predicted molar refractivity (Wildman–Crippen MR) is 142 cm³/mol. The van der Waals surface area contributed by atoms with Crippen molar-refractivity contribution >= 4 is 17.4 Å². The first-order chi connectivity index (χ1) is 17.6. The van der Waals surface area contributed by atoms with E-state index in [2.05, 4.69) is 22.1 Å². The van der Waals surface area contributed by atoms with Gasteiger partial charge in [0.2, 0.25) is 0 Å². The Labute approximate surface area is 213 Å². The third-order valence-corrected chi connectivity index (χ3v) is 6.39. The number of carbonyl (C=O) groups excluding carboxylic acids is 1. The van der Waals surface area contributed by atoms with Gasteiger partial charge in [-0.3, -0.25) is 4.79 Å². The highest BCUT2D eigenvalue weighted by molar-refractivity contribution is 6.04. The summed E-state index contributed by atoms with van der Waals surface area (Å²) < 4.78 is 11.6. The molecule has 7 heteroatoms. The number of aliphatic hydroxyl groups is 1. The van der Waals surface area contributed by atoms with Gasteiger partial charge in [-0.05, 0) is 79.3 Å². The minimum absolute atomic E-state index is 0.0206. The van der Waals surface area contributed by atoms with Gasteiger partial charge in [0, 0.05) is 18.7 Å². The van der Waals surface area contributed by atoms with Crippen LogP contribution in [0.5, 0.6) is 11.5 Å². The van der Waals surface area contributed by atoms with E-state index in [1.807, 2.05) is 48.5 Å². The summed E-state index contributed by atoms with van der Waals surface area (Å²) >= 11 is 0. The molecule has 0 bridgehead atoms. The number of benzene rings is 2. The number of nitrogens with one attached hydrogen (secondary N) is 1. The fraction of sp³-hybridized carbons (Fsp3) is 0.379. The molecule has 4 rings (SSSR count). The molecule has 2 N–H and O–H groups in total. The number of pyridine rings is 1. The van der Waals surface area contributed by atoms with Crippen molar-refractivity contribution in [3.63, 3.8) is 0 Å². The van der Waals surface area contributed by atoms with Crippen LogP contribution in [-0.4, -0.2) is 42.3 Å². The molecule has 1 fully saturated rings. The van der Waals surface area contributed by atoms with Gasteiger partial charge in [-0.15, -0.1) is 0 Å². The molecule has 0 aliphatic carbocycles. The second-order valence-corrected chi connectivity index (χ2v) is 9.13. The van der Waals surface area contributed by atoms with Crippen LogP contribution in [0.3, 0.4) is 0 Å². The maximum Gasteiger partial charge on any atom is 0.255 e. The number of nitrogens with zero attached hydrogens (tertiary/aromatic N) is 2. The van der Waals surface area contributed by atoms with Gasteiger partial charge >= 0.3 is 0 Å². The van der Waals surface area contributed by atoms with Crippen LogP contribution in [0.4, 0.5) is 11.5 Å². The quantitative estimate of drug-likeness (QED) is 0.356. The number of ether oxygens (including phenoxy) is 2. The highest BCUT2D eigenvalue weighted by Gasteiger charge is 2.21. The zero-order valence-corrected chi connectivity index (χ0v) is 20.9. The molecule has 0 radical (unpaired) electrons. The molecule has 0 atom stereocenters. The number of amides is 1. The van der Waals surface area contributed by atoms with Crippen LogP contribution in [0.2, 0.25) is 0 Å². The van der Waals surface area contributed by atoms with E-state index in [1.165, 1.54) is 0 Å². The summed E-state index contributed by atoms with van der Waals surface area (Å²) in [7, 11) is 0. The molecule has 0 unspecified atom stereocenters. The van der Waals surface area contributed by atoms with Crippen molar-refractivity contribution in [1.29, 1.82) is 0 Å². The molecule has 7 nitrogen and oxygen atoms in total. The van der Waals surface area contributed by atoms with E-state index in [-0.39, 0.29) is 12.5 Å². The Morgan fingerprint density at radius 2 is 1.86 bits per heavy atom. The van der Waals surface area contributed by atoms with Gasteiger partial charge in [0.1, 0.15) is 17.3 Å². The van der Waals surface area contributed by atoms with Crippen LogP contribution < -0.4 is 19.7 Å². The average Bonchev–Trinajstić information content (AvgIpc) is 2.93. The normalized spacial score (nSPS) is 13.9. The maximum atomic E-state index is 12.6. The molecule has 1 aromatic heterocycles. The van der Waals surface area contributed by atoms with E-state index in [1.54, 1.807) is 18.3 Å². The number of carbonyl (C=O) groups is 1. The number of piperidine rings is 1. The van der Waals surface area contributed by atoms with Crippen molar-refractivity contribution in [2.24, 2.45) is 5.92 Å². The Bertz CT molecular complexity index is 1090. The van der Waals surface area contributed by atoms with Gasteiger partial charge in [0.05, 0.1) is 31.7 Å². The Kier molecular flexibility index (Phi) is 9.16. The summed E-state index contributed by atoms with van der Waals surface area (Å²) in [5, 5.41) is 12.2. The van der Waals surface area contributed by atoms with Crippen molar-refractivity contribution in [1.82, 2.24) is 4.98 Å². The second-order valence-electron chi connectivity index (χ2n) is 9.13. The third-order valence-electron chi connectivity index (χ3n) is 6.39. The molecule has 36 heavy (non-hydrogen) atoms. The first-order valence-corrected chi connectivity index (χ1v) is 12.7. The lowest BCUT2D eigenvalue weighted by atomic mass is 9.98. The second kappa shape index (κ2) is 12.9. The average molecular weight is 490 g/mol. The summed E-state index contributed by atoms with van der Waals surface area (Å²) in [5.74, 6) is 2.81. The van der Waals surface area contributed by atoms with Crippen LogP contribution in [-0.2, 0) is 6.61 Å². The molecule has 1 aliphatic rings. The summed E-state index contributed by atoms with van der Waals surface area (Å²) in [6.45, 7) is 5.33. The largest absolute Gasteiger partial charge is 0.494 e. The fourth-order valence-corrected chi connectivity index (χ4v) is 4.16. The number of unbranched alkanes of at least 4 members (excludes halogenated alkanes) is 1. The van der Waals surface area contributed by atoms with Crippen LogP contribution in [0.15, 0.2) is 66.9 Å². The molecule has 2 aromatic carbocycles. The van der Waals surface area contributed by atoms with Gasteiger partial charge in [0.15, 0.2) is 0 Å². The van der Waals surface area contributed by atoms with E-state index >= 15 is 0 Å². The minimum Gasteiger partial charge on any atom is -0.494 e. The fourth-order valence-electron chi connectivity index (χ4n) is 4.16. The van der Waals surface area contributed by atoms with Gasteiger partial charge < -0.3 is 24.8 Å². The number of aromatic nitrogens is 1.